The van der Waals surface area contributed by atoms with Gasteiger partial charge in [-0.3, -0.25) is 0 Å². The molecule has 21 heavy (non-hydrogen) atoms. The minimum absolute atomic E-state index is 0.255. The Morgan fingerprint density at radius 3 is 2.71 bits per heavy atom. The largest absolute Gasteiger partial charge is 0.497 e. The van der Waals surface area contributed by atoms with Gasteiger partial charge in [-0.1, -0.05) is 13.0 Å². The molecule has 0 radical (unpaired) electrons. The van der Waals surface area contributed by atoms with E-state index in [9.17, 15) is 0 Å². The zero-order chi connectivity index (χ0) is 14.8. The number of ether oxygens (including phenoxy) is 1. The second kappa shape index (κ2) is 6.18. The molecule has 1 N–H and O–H groups in total. The molecule has 0 saturated heterocycles. The third kappa shape index (κ3) is 2.84. The van der Waals surface area contributed by atoms with Gasteiger partial charge in [0.2, 0.25) is 0 Å². The molecule has 2 nitrogen and oxygen atoms in total. The lowest BCUT2D eigenvalue weighted by Crippen LogP contribution is -2.21. The van der Waals surface area contributed by atoms with Crippen LogP contribution in [0.1, 0.15) is 29.0 Å². The summed E-state index contributed by atoms with van der Waals surface area (Å²) in [5, 5.41) is 5.78. The van der Waals surface area contributed by atoms with Crippen LogP contribution in [0, 0.1) is 6.92 Å². The van der Waals surface area contributed by atoms with Crippen LogP contribution in [0.3, 0.4) is 0 Å². The quantitative estimate of drug-likeness (QED) is 0.716. The summed E-state index contributed by atoms with van der Waals surface area (Å²) < 4.78 is 8.07. The highest BCUT2D eigenvalue weighted by molar-refractivity contribution is 7.27. The topological polar surface area (TPSA) is 21.3 Å². The molecule has 0 aliphatic heterocycles. The van der Waals surface area contributed by atoms with E-state index in [0.29, 0.717) is 0 Å². The van der Waals surface area contributed by atoms with Crippen LogP contribution in [0.25, 0.3) is 9.40 Å². The Hall–Kier alpha value is -1.36. The summed E-state index contributed by atoms with van der Waals surface area (Å²) in [7, 11) is 1.71. The van der Waals surface area contributed by atoms with Crippen LogP contribution in [0.15, 0.2) is 35.7 Å². The van der Waals surface area contributed by atoms with Gasteiger partial charge in [-0.25, -0.2) is 0 Å². The van der Waals surface area contributed by atoms with Gasteiger partial charge in [0, 0.05) is 14.3 Å². The number of thiophene rings is 2. The van der Waals surface area contributed by atoms with Gasteiger partial charge in [0.1, 0.15) is 5.75 Å². The second-order valence-corrected chi connectivity index (χ2v) is 7.07. The first kappa shape index (κ1) is 14.6. The van der Waals surface area contributed by atoms with Gasteiger partial charge in [-0.15, -0.1) is 22.7 Å². The molecule has 1 atom stereocenters. The number of methoxy groups -OCH3 is 1. The fourth-order valence-corrected chi connectivity index (χ4v) is 4.81. The summed E-state index contributed by atoms with van der Waals surface area (Å²) in [5.74, 6) is 0.915. The Kier molecular flexibility index (Phi) is 4.29. The van der Waals surface area contributed by atoms with Crippen molar-refractivity contribution in [1.29, 1.82) is 0 Å². The molecule has 4 heteroatoms. The Morgan fingerprint density at radius 2 is 2.05 bits per heavy atom. The monoisotopic (exact) mass is 317 g/mol. The Morgan fingerprint density at radius 1 is 1.19 bits per heavy atom. The minimum atomic E-state index is 0.255. The van der Waals surface area contributed by atoms with E-state index in [4.69, 9.17) is 4.74 Å². The molecule has 0 amide bonds. The molecule has 0 aliphatic rings. The fourth-order valence-electron chi connectivity index (χ4n) is 2.59. The normalized spacial score (nSPS) is 12.7. The Balaban J connectivity index is 2.03. The van der Waals surface area contributed by atoms with E-state index in [1.54, 1.807) is 7.11 Å². The molecule has 0 saturated carbocycles. The number of hydrogen-bond acceptors (Lipinski definition) is 4. The van der Waals surface area contributed by atoms with Gasteiger partial charge in [-0.05, 0) is 54.2 Å². The van der Waals surface area contributed by atoms with Crippen LogP contribution in [-0.2, 0) is 0 Å². The van der Waals surface area contributed by atoms with Crippen molar-refractivity contribution in [3.05, 3.63) is 51.7 Å². The number of benzene rings is 1. The molecular weight excluding hydrogens is 298 g/mol. The minimum Gasteiger partial charge on any atom is -0.497 e. The lowest BCUT2D eigenvalue weighted by molar-refractivity contribution is 0.414. The van der Waals surface area contributed by atoms with Gasteiger partial charge >= 0.3 is 0 Å². The van der Waals surface area contributed by atoms with E-state index in [0.717, 1.165) is 12.3 Å². The maximum atomic E-state index is 5.31. The molecular formula is C17H19NOS2. The number of hydrogen-bond donors (Lipinski definition) is 1. The summed E-state index contributed by atoms with van der Waals surface area (Å²) in [4.78, 5) is 1.38. The molecule has 3 aromatic rings. The van der Waals surface area contributed by atoms with E-state index >= 15 is 0 Å². The summed E-state index contributed by atoms with van der Waals surface area (Å²) in [5.41, 5.74) is 2.59. The second-order valence-electron chi connectivity index (χ2n) is 5.01. The summed E-state index contributed by atoms with van der Waals surface area (Å²) >= 11 is 3.69. The molecule has 0 spiro atoms. The predicted octanol–water partition coefficient (Wildman–Crippen LogP) is 4.98. The van der Waals surface area contributed by atoms with Crippen LogP contribution < -0.4 is 10.1 Å². The third-order valence-electron chi connectivity index (χ3n) is 3.64. The van der Waals surface area contributed by atoms with E-state index < -0.39 is 0 Å². The Labute approximate surface area is 133 Å². The van der Waals surface area contributed by atoms with Gasteiger partial charge in [0.25, 0.3) is 0 Å². The van der Waals surface area contributed by atoms with E-state index in [-0.39, 0.29) is 6.04 Å². The van der Waals surface area contributed by atoms with E-state index in [1.165, 1.54) is 25.4 Å². The molecule has 1 unspecified atom stereocenters. The lowest BCUT2D eigenvalue weighted by atomic mass is 9.99. The number of nitrogens with one attached hydrogen (secondary N) is 1. The first-order valence-corrected chi connectivity index (χ1v) is 8.77. The smallest absolute Gasteiger partial charge is 0.119 e. The van der Waals surface area contributed by atoms with Gasteiger partial charge in [0.15, 0.2) is 0 Å². The van der Waals surface area contributed by atoms with Crippen molar-refractivity contribution in [1.82, 2.24) is 5.32 Å². The summed E-state index contributed by atoms with van der Waals surface area (Å²) in [6.45, 7) is 5.25. The molecule has 2 aromatic heterocycles. The number of fused-ring (bicyclic) bond motifs is 1. The molecule has 110 valence electrons. The van der Waals surface area contributed by atoms with Crippen molar-refractivity contribution in [3.8, 4) is 5.75 Å². The zero-order valence-electron chi connectivity index (χ0n) is 12.5. The van der Waals surface area contributed by atoms with Crippen LogP contribution in [0.4, 0.5) is 0 Å². The van der Waals surface area contributed by atoms with Crippen LogP contribution in [0.2, 0.25) is 0 Å². The standard InChI is InChI=1S/C17H19NOS2/c1-4-18-17(13-6-5-12(19-3)9-11(13)2)16-10-15-14(21-16)7-8-20-15/h5-10,17-18H,4H2,1-3H3. The first-order chi connectivity index (χ1) is 10.2. The molecule has 0 bridgehead atoms. The van der Waals surface area contributed by atoms with Gasteiger partial charge in [-0.2, -0.15) is 0 Å². The molecule has 0 fully saturated rings. The average Bonchev–Trinajstić information content (AvgIpc) is 3.06. The number of rotatable bonds is 5. The van der Waals surface area contributed by atoms with Crippen molar-refractivity contribution in [2.45, 2.75) is 19.9 Å². The van der Waals surface area contributed by atoms with Crippen molar-refractivity contribution >= 4 is 32.1 Å². The molecule has 3 rings (SSSR count). The third-order valence-corrected chi connectivity index (χ3v) is 5.80. The van der Waals surface area contributed by atoms with Crippen molar-refractivity contribution in [2.24, 2.45) is 0 Å². The van der Waals surface area contributed by atoms with E-state index in [2.05, 4.69) is 48.8 Å². The maximum absolute atomic E-state index is 5.31. The van der Waals surface area contributed by atoms with Gasteiger partial charge < -0.3 is 10.1 Å². The molecule has 1 aromatic carbocycles. The molecule has 0 aliphatic carbocycles. The Bertz CT molecular complexity index is 716. The maximum Gasteiger partial charge on any atom is 0.119 e. The van der Waals surface area contributed by atoms with Crippen molar-refractivity contribution in [3.63, 3.8) is 0 Å². The predicted molar refractivity (Wildman–Crippen MR) is 93.0 cm³/mol. The molecule has 2 heterocycles. The summed E-state index contributed by atoms with van der Waals surface area (Å²) in [6, 6.07) is 11.1. The van der Waals surface area contributed by atoms with Crippen molar-refractivity contribution in [2.75, 3.05) is 13.7 Å². The highest BCUT2D eigenvalue weighted by Crippen LogP contribution is 2.37. The SMILES string of the molecule is CCNC(c1cc2sccc2s1)c1ccc(OC)cc1C. The van der Waals surface area contributed by atoms with Gasteiger partial charge in [0.05, 0.1) is 13.2 Å². The van der Waals surface area contributed by atoms with Crippen LogP contribution >= 0.6 is 22.7 Å². The summed E-state index contributed by atoms with van der Waals surface area (Å²) in [6.07, 6.45) is 0. The van der Waals surface area contributed by atoms with Crippen molar-refractivity contribution < 1.29 is 4.74 Å². The fraction of sp³-hybridized carbons (Fsp3) is 0.294. The highest BCUT2D eigenvalue weighted by atomic mass is 32.1. The number of aryl methyl sites for hydroxylation is 1. The first-order valence-electron chi connectivity index (χ1n) is 7.07. The highest BCUT2D eigenvalue weighted by Gasteiger charge is 2.18. The van der Waals surface area contributed by atoms with Crippen LogP contribution in [-0.4, -0.2) is 13.7 Å². The zero-order valence-corrected chi connectivity index (χ0v) is 14.1. The van der Waals surface area contributed by atoms with Crippen LogP contribution in [0.5, 0.6) is 5.75 Å². The van der Waals surface area contributed by atoms with E-state index in [1.807, 2.05) is 28.7 Å². The lowest BCUT2D eigenvalue weighted by Gasteiger charge is -2.19. The average molecular weight is 317 g/mol.